The second-order valence-electron chi connectivity index (χ2n) is 10.7. The lowest BCUT2D eigenvalue weighted by Gasteiger charge is -2.51. The van der Waals surface area contributed by atoms with E-state index in [4.69, 9.17) is 39.7 Å². The summed E-state index contributed by atoms with van der Waals surface area (Å²) in [6, 6.07) is 4.23. The first-order chi connectivity index (χ1) is 20.5. The molecular weight excluding hydrogens is 602 g/mol. The lowest BCUT2D eigenvalue weighted by Crippen LogP contribution is -2.54. The van der Waals surface area contributed by atoms with Gasteiger partial charge >= 0.3 is 0 Å². The Labute approximate surface area is 248 Å². The normalized spacial score (nSPS) is 29.1. The fraction of sp³-hybridized carbons (Fsp3) is 0.379. The number of phenolic OH excluding ortho intramolecular Hbond substituents is 1. The first-order valence-electron chi connectivity index (χ1n) is 13.2. The molecule has 0 spiro atoms. The number of hydrogen-bond acceptors (Lipinski definition) is 12. The number of fused-ring (bicyclic) bond motifs is 6. The zero-order valence-corrected chi connectivity index (χ0v) is 24.0. The zero-order valence-electron chi connectivity index (χ0n) is 23.2. The van der Waals surface area contributed by atoms with E-state index in [2.05, 4.69) is 0 Å². The molecule has 2 aromatic carbocycles. The highest BCUT2D eigenvalue weighted by Crippen LogP contribution is 2.62. The molecule has 43 heavy (non-hydrogen) atoms. The van der Waals surface area contributed by atoms with Crippen molar-refractivity contribution in [3.05, 3.63) is 72.6 Å². The smallest absolute Gasteiger partial charge is 0.259 e. The maximum absolute atomic E-state index is 14.0. The van der Waals surface area contributed by atoms with Crippen LogP contribution >= 0.6 is 11.6 Å². The van der Waals surface area contributed by atoms with Crippen molar-refractivity contribution in [2.24, 2.45) is 0 Å². The van der Waals surface area contributed by atoms with Crippen molar-refractivity contribution in [1.82, 2.24) is 4.90 Å². The molecule has 2 aliphatic heterocycles. The second kappa shape index (κ2) is 9.40. The van der Waals surface area contributed by atoms with Gasteiger partial charge in [0.1, 0.15) is 30.2 Å². The van der Waals surface area contributed by atoms with Crippen LogP contribution < -0.4 is 10.2 Å². The van der Waals surface area contributed by atoms with Gasteiger partial charge in [0.15, 0.2) is 46.9 Å². The van der Waals surface area contributed by atoms with Gasteiger partial charge in [0.2, 0.25) is 0 Å². The number of ether oxygens (including phenoxy) is 5. The first kappa shape index (κ1) is 28.1. The van der Waals surface area contributed by atoms with Crippen molar-refractivity contribution in [2.45, 2.75) is 36.2 Å². The van der Waals surface area contributed by atoms with Crippen molar-refractivity contribution < 1.29 is 53.3 Å². The van der Waals surface area contributed by atoms with Crippen LogP contribution in [0.3, 0.4) is 0 Å². The van der Waals surface area contributed by atoms with E-state index in [1.807, 2.05) is 0 Å². The van der Waals surface area contributed by atoms with Crippen molar-refractivity contribution >= 4 is 34.2 Å². The summed E-state index contributed by atoms with van der Waals surface area (Å²) in [6.45, 7) is -0.354. The fourth-order valence-electron chi connectivity index (χ4n) is 6.88. The highest BCUT2D eigenvalue weighted by atomic mass is 35.5. The number of aliphatic hydroxyl groups excluding tert-OH is 2. The van der Waals surface area contributed by atoms with Crippen LogP contribution in [0.15, 0.2) is 33.0 Å². The largest absolute Gasteiger partial charge is 0.507 e. The van der Waals surface area contributed by atoms with E-state index >= 15 is 0 Å². The SMILES string of the molecule is CO[C@@H]1[13c]2c[13c]3c([13c](O)c2[13C]2(O)C4=[13C](OCO[13C@@H]41)c1oc4[13c](OC)c(Cl)[13cH]c[13c]4c(=O)[13c]1C2O)[13C](=O)N(C)[13C@@H](OC)[C@H]3O. The number of hydrogen-bond donors (Lipinski definition) is 4. The molecule has 0 bridgehead atoms. The number of benzene rings is 2. The van der Waals surface area contributed by atoms with E-state index in [1.165, 1.54) is 46.6 Å². The monoisotopic (exact) mass is 627 g/mol. The van der Waals surface area contributed by atoms with Gasteiger partial charge in [0.25, 0.3) is 5.91 Å². The third-order valence-electron chi connectivity index (χ3n) is 8.80. The molecule has 0 fully saturated rings. The van der Waals surface area contributed by atoms with Crippen LogP contribution in [0.1, 0.15) is 56.7 Å². The highest BCUT2D eigenvalue weighted by molar-refractivity contribution is 6.33. The summed E-state index contributed by atoms with van der Waals surface area (Å²) in [5.41, 5.74) is -4.24. The van der Waals surface area contributed by atoms with Crippen LogP contribution in [-0.4, -0.2) is 78.7 Å². The van der Waals surface area contributed by atoms with Gasteiger partial charge in [-0.15, -0.1) is 0 Å². The van der Waals surface area contributed by atoms with Crippen molar-refractivity contribution in [1.29, 1.82) is 0 Å². The summed E-state index contributed by atoms with van der Waals surface area (Å²) in [5, 5.41) is 47.6. The topological polar surface area (TPSA) is 178 Å². The van der Waals surface area contributed by atoms with Gasteiger partial charge in [-0.1, -0.05) is 11.6 Å². The molecule has 4 aliphatic rings. The third-order valence-corrected chi connectivity index (χ3v) is 9.09. The maximum Gasteiger partial charge on any atom is 0.259 e. The molecule has 3 heterocycles. The van der Waals surface area contributed by atoms with Crippen molar-refractivity contribution in [3.8, 4) is 11.5 Å². The van der Waals surface area contributed by atoms with E-state index in [-0.39, 0.29) is 73.4 Å². The predicted molar refractivity (Wildman–Crippen MR) is 146 cm³/mol. The molecular formula is C29H26ClNO12. The molecule has 0 saturated carbocycles. The van der Waals surface area contributed by atoms with Gasteiger partial charge in [0, 0.05) is 38.0 Å². The van der Waals surface area contributed by atoms with Crippen molar-refractivity contribution in [2.75, 3.05) is 35.2 Å². The Morgan fingerprint density at radius 3 is 2.53 bits per heavy atom. The molecule has 1 aromatic heterocycles. The minimum absolute atomic E-state index is 0.00121. The van der Waals surface area contributed by atoms with E-state index in [0.717, 1.165) is 4.90 Å². The van der Waals surface area contributed by atoms with Crippen LogP contribution in [0.5, 0.6) is 11.5 Å². The zero-order chi connectivity index (χ0) is 30.7. The highest BCUT2D eigenvalue weighted by Gasteiger charge is 2.62. The molecule has 1 amide bonds. The van der Waals surface area contributed by atoms with E-state index in [0.29, 0.717) is 0 Å². The summed E-state index contributed by atoms with van der Waals surface area (Å²) < 4.78 is 34.3. The van der Waals surface area contributed by atoms with E-state index in [9.17, 15) is 30.0 Å². The molecule has 3 aromatic rings. The molecule has 14 heteroatoms. The number of methoxy groups -OCH3 is 3. The van der Waals surface area contributed by atoms with Crippen LogP contribution in [0.4, 0.5) is 0 Å². The molecule has 7 rings (SSSR count). The molecule has 2 unspecified atom stereocenters. The second-order valence-corrected chi connectivity index (χ2v) is 11.1. The Kier molecular flexibility index (Phi) is 6.15. The van der Waals surface area contributed by atoms with Gasteiger partial charge < -0.3 is 53.4 Å². The van der Waals surface area contributed by atoms with E-state index in [1.54, 1.807) is 0 Å². The Morgan fingerprint density at radius 2 is 1.86 bits per heavy atom. The van der Waals surface area contributed by atoms with Gasteiger partial charge in [-0.05, 0) is 23.8 Å². The quantitative estimate of drug-likeness (QED) is 0.311. The lowest BCUT2D eigenvalue weighted by molar-refractivity contribution is -0.158. The number of nitrogens with zero attached hydrogens (tertiary/aromatic N) is 1. The molecule has 6 atom stereocenters. The standard InChI is InChI=1S/C29H26ClNO12/c1-31-27(36)13-10(18(33)28(31)40-4)7-11-15(19(13)34)29(37)16-24(20(11)38-2)41-8-42-25(16)23-14(26(29)35)17(32)9-5-6-12(30)22(39-3)21(9)43-23/h5-7,18,20,24,26,28,33-35,37H,8H2,1-4H3/t18-,20+,24-,26?,28-,29?/m0/s1/i6+1,9+1,10+1,11+1,14+1,19+1,22+1,24+1,25+1,27+1,28+1,29+1. The van der Waals surface area contributed by atoms with Gasteiger partial charge in [-0.25, -0.2) is 0 Å². The van der Waals surface area contributed by atoms with Crippen LogP contribution in [0.2, 0.25) is 5.02 Å². The minimum Gasteiger partial charge on any atom is -0.507 e. The third kappa shape index (κ3) is 3.32. The average Bonchev–Trinajstić information content (AvgIpc) is 2.99. The summed E-state index contributed by atoms with van der Waals surface area (Å²) in [5.74, 6) is -1.67. The lowest BCUT2D eigenvalue weighted by atomic mass is 10.1. The molecule has 4 N–H and O–H groups in total. The number of amides is 1. The summed E-state index contributed by atoms with van der Waals surface area (Å²) >= 11 is 6.28. The summed E-state index contributed by atoms with van der Waals surface area (Å²) in [6.07, 6.45) is -6.65. The Bertz CT molecular complexity index is 1830. The summed E-state index contributed by atoms with van der Waals surface area (Å²) in [4.78, 5) is 28.5. The van der Waals surface area contributed by atoms with Crippen molar-refractivity contribution in [3.63, 3.8) is 0 Å². The molecule has 0 saturated heterocycles. The first-order valence-corrected chi connectivity index (χ1v) is 13.5. The Morgan fingerprint density at radius 1 is 1.12 bits per heavy atom. The van der Waals surface area contributed by atoms with E-state index < -0.39 is 53.3 Å². The van der Waals surface area contributed by atoms with Gasteiger partial charge in [0.05, 0.1) is 28.6 Å². The summed E-state index contributed by atoms with van der Waals surface area (Å²) in [7, 11) is 5.43. The van der Waals surface area contributed by atoms with Gasteiger partial charge in [-0.2, -0.15) is 0 Å². The van der Waals surface area contributed by atoms with Crippen LogP contribution in [0, 0.1) is 0 Å². The number of likely N-dealkylation sites (N-methyl/N-ethyl adjacent to an activating group) is 1. The average molecular weight is 628 g/mol. The maximum atomic E-state index is 14.0. The number of carbonyl (C=O) groups excluding carboxylic acids is 1. The number of aliphatic hydroxyl groups is 3. The molecule has 226 valence electrons. The van der Waals surface area contributed by atoms with Gasteiger partial charge in [-0.3, -0.25) is 9.59 Å². The van der Waals surface area contributed by atoms with Crippen LogP contribution in [-0.2, 0) is 24.5 Å². The predicted octanol–water partition coefficient (Wildman–Crippen LogP) is 1.97. The number of rotatable bonds is 3. The fourth-order valence-corrected chi connectivity index (χ4v) is 7.11. The Balaban J connectivity index is 1.59. The van der Waals surface area contributed by atoms with Crippen LogP contribution in [0.25, 0.3) is 16.7 Å². The molecule has 2 aliphatic carbocycles. The number of halogens is 1. The molecule has 0 radical (unpaired) electrons. The number of phenols is 1. The number of aromatic hydroxyl groups is 1. The Hall–Kier alpha value is -3.69. The molecule has 13 nitrogen and oxygen atoms in total. The number of carbonyl (C=O) groups is 1. The minimum atomic E-state index is -2.57.